The number of carbonyl (C=O) groups excluding carboxylic acids is 2. The Bertz CT molecular complexity index is 627. The summed E-state index contributed by atoms with van der Waals surface area (Å²) in [4.78, 5) is 29.7. The number of aromatic nitrogens is 1. The summed E-state index contributed by atoms with van der Waals surface area (Å²) in [7, 11) is 0. The third kappa shape index (κ3) is 5.16. The van der Waals surface area contributed by atoms with Gasteiger partial charge in [0, 0.05) is 25.7 Å². The first kappa shape index (κ1) is 19.2. The number of hydrogen-bond acceptors (Lipinski definition) is 5. The van der Waals surface area contributed by atoms with Gasteiger partial charge < -0.3 is 20.1 Å². The second kappa shape index (κ2) is 7.82. The standard InChI is InChI=1S/C18H27N3O4/c1-12-6-5-9-19-15(12)16(23)13-7-8-14(22)21(13)11-10-20-17(24)25-18(2,3)4/h5-6,9,13,16,23H,7-8,10-11H2,1-4H3,(H,20,24)/t13-,16-/m0/s1. The number of pyridine rings is 1. The van der Waals surface area contributed by atoms with Crippen LogP contribution in [0, 0.1) is 6.92 Å². The quantitative estimate of drug-likeness (QED) is 0.847. The molecule has 0 aromatic carbocycles. The molecule has 1 fully saturated rings. The van der Waals surface area contributed by atoms with Crippen LogP contribution >= 0.6 is 0 Å². The zero-order chi connectivity index (χ0) is 18.6. The van der Waals surface area contributed by atoms with Crippen molar-refractivity contribution >= 4 is 12.0 Å². The van der Waals surface area contributed by atoms with Crippen LogP contribution in [0.5, 0.6) is 0 Å². The summed E-state index contributed by atoms with van der Waals surface area (Å²) in [5.41, 5.74) is 0.913. The van der Waals surface area contributed by atoms with Gasteiger partial charge in [0.1, 0.15) is 11.7 Å². The van der Waals surface area contributed by atoms with Crippen molar-refractivity contribution in [3.63, 3.8) is 0 Å². The lowest BCUT2D eigenvalue weighted by Gasteiger charge is -2.29. The zero-order valence-electron chi connectivity index (χ0n) is 15.3. The fourth-order valence-electron chi connectivity index (χ4n) is 2.96. The molecular formula is C18H27N3O4. The maximum Gasteiger partial charge on any atom is 0.407 e. The first-order chi connectivity index (χ1) is 11.7. The summed E-state index contributed by atoms with van der Waals surface area (Å²) < 4.78 is 5.18. The number of likely N-dealkylation sites (tertiary alicyclic amines) is 1. The molecule has 0 aliphatic carbocycles. The fourth-order valence-corrected chi connectivity index (χ4v) is 2.96. The maximum atomic E-state index is 12.2. The van der Waals surface area contributed by atoms with Crippen LogP contribution in [0.1, 0.15) is 51.0 Å². The third-order valence-electron chi connectivity index (χ3n) is 4.09. The van der Waals surface area contributed by atoms with Crippen molar-refractivity contribution in [2.75, 3.05) is 13.1 Å². The van der Waals surface area contributed by atoms with Crippen molar-refractivity contribution in [1.29, 1.82) is 0 Å². The molecule has 2 N–H and O–H groups in total. The van der Waals surface area contributed by atoms with Crippen LogP contribution in [0.3, 0.4) is 0 Å². The SMILES string of the molecule is Cc1cccnc1[C@@H](O)[C@@H]1CCC(=O)N1CCNC(=O)OC(C)(C)C. The summed E-state index contributed by atoms with van der Waals surface area (Å²) in [6.45, 7) is 7.85. The van der Waals surface area contributed by atoms with E-state index in [1.165, 1.54) is 0 Å². The molecule has 0 saturated carbocycles. The second-order valence-electron chi connectivity index (χ2n) is 7.27. The van der Waals surface area contributed by atoms with E-state index in [9.17, 15) is 14.7 Å². The van der Waals surface area contributed by atoms with E-state index in [2.05, 4.69) is 10.3 Å². The molecule has 2 heterocycles. The van der Waals surface area contributed by atoms with Gasteiger partial charge in [0.15, 0.2) is 0 Å². The molecule has 0 unspecified atom stereocenters. The average Bonchev–Trinajstić information content (AvgIpc) is 2.86. The molecule has 0 spiro atoms. The van der Waals surface area contributed by atoms with Crippen LogP contribution < -0.4 is 5.32 Å². The lowest BCUT2D eigenvalue weighted by Crippen LogP contribution is -2.43. The van der Waals surface area contributed by atoms with Gasteiger partial charge in [0.2, 0.25) is 5.91 Å². The lowest BCUT2D eigenvalue weighted by atomic mass is 10.0. The monoisotopic (exact) mass is 349 g/mol. The number of carbonyl (C=O) groups is 2. The number of aryl methyl sites for hydroxylation is 1. The number of hydrogen-bond donors (Lipinski definition) is 2. The maximum absolute atomic E-state index is 12.2. The van der Waals surface area contributed by atoms with Crippen molar-refractivity contribution in [3.05, 3.63) is 29.6 Å². The highest BCUT2D eigenvalue weighted by Gasteiger charge is 2.37. The Morgan fingerprint density at radius 3 is 2.88 bits per heavy atom. The van der Waals surface area contributed by atoms with Crippen molar-refractivity contribution in [3.8, 4) is 0 Å². The Hall–Kier alpha value is -2.15. The molecule has 2 amide bonds. The van der Waals surface area contributed by atoms with Crippen molar-refractivity contribution in [2.24, 2.45) is 0 Å². The minimum absolute atomic E-state index is 0.0244. The number of alkyl carbamates (subject to hydrolysis) is 1. The van der Waals surface area contributed by atoms with E-state index in [0.717, 1.165) is 5.56 Å². The van der Waals surface area contributed by atoms with Crippen molar-refractivity contribution < 1.29 is 19.4 Å². The predicted octanol–water partition coefficient (Wildman–Crippen LogP) is 1.94. The first-order valence-corrected chi connectivity index (χ1v) is 8.55. The summed E-state index contributed by atoms with van der Waals surface area (Å²) in [5, 5.41) is 13.3. The van der Waals surface area contributed by atoms with Gasteiger partial charge in [-0.05, 0) is 45.7 Å². The van der Waals surface area contributed by atoms with Crippen molar-refractivity contribution in [2.45, 2.75) is 58.3 Å². The average molecular weight is 349 g/mol. The van der Waals surface area contributed by atoms with Crippen LogP contribution in [0.2, 0.25) is 0 Å². The van der Waals surface area contributed by atoms with E-state index in [-0.39, 0.29) is 18.5 Å². The van der Waals surface area contributed by atoms with E-state index in [1.54, 1.807) is 31.9 Å². The van der Waals surface area contributed by atoms with Gasteiger partial charge in [-0.3, -0.25) is 9.78 Å². The molecule has 1 aromatic heterocycles. The van der Waals surface area contributed by atoms with E-state index >= 15 is 0 Å². The van der Waals surface area contributed by atoms with E-state index < -0.39 is 17.8 Å². The molecule has 25 heavy (non-hydrogen) atoms. The van der Waals surface area contributed by atoms with Crippen LogP contribution in [0.4, 0.5) is 4.79 Å². The molecule has 2 atom stereocenters. The van der Waals surface area contributed by atoms with Crippen molar-refractivity contribution in [1.82, 2.24) is 15.2 Å². The Balaban J connectivity index is 1.95. The minimum Gasteiger partial charge on any atom is -0.444 e. The van der Waals surface area contributed by atoms with Gasteiger partial charge in [0.25, 0.3) is 0 Å². The second-order valence-corrected chi connectivity index (χ2v) is 7.27. The van der Waals surface area contributed by atoms with E-state index in [0.29, 0.717) is 25.1 Å². The van der Waals surface area contributed by atoms with E-state index in [4.69, 9.17) is 4.74 Å². The zero-order valence-corrected chi connectivity index (χ0v) is 15.3. The fraction of sp³-hybridized carbons (Fsp3) is 0.611. The highest BCUT2D eigenvalue weighted by Crippen LogP contribution is 2.30. The number of aliphatic hydroxyl groups is 1. The van der Waals surface area contributed by atoms with Gasteiger partial charge in [-0.1, -0.05) is 6.07 Å². The number of amides is 2. The number of aliphatic hydroxyl groups excluding tert-OH is 1. The topological polar surface area (TPSA) is 91.8 Å². The molecule has 1 aliphatic heterocycles. The van der Waals surface area contributed by atoms with Gasteiger partial charge in [-0.25, -0.2) is 4.79 Å². The molecular weight excluding hydrogens is 322 g/mol. The normalized spacial score (nSPS) is 19.0. The number of rotatable bonds is 5. The molecule has 7 heteroatoms. The molecule has 0 radical (unpaired) electrons. The molecule has 7 nitrogen and oxygen atoms in total. The number of nitrogens with zero attached hydrogens (tertiary/aromatic N) is 2. The number of nitrogens with one attached hydrogen (secondary N) is 1. The first-order valence-electron chi connectivity index (χ1n) is 8.55. The Labute approximate surface area is 148 Å². The molecule has 138 valence electrons. The van der Waals surface area contributed by atoms with Gasteiger partial charge >= 0.3 is 6.09 Å². The largest absolute Gasteiger partial charge is 0.444 e. The summed E-state index contributed by atoms with van der Waals surface area (Å²) in [6, 6.07) is 3.37. The summed E-state index contributed by atoms with van der Waals surface area (Å²) >= 11 is 0. The Morgan fingerprint density at radius 1 is 1.52 bits per heavy atom. The van der Waals surface area contributed by atoms with Gasteiger partial charge in [-0.15, -0.1) is 0 Å². The Morgan fingerprint density at radius 2 is 2.24 bits per heavy atom. The molecule has 1 saturated heterocycles. The number of ether oxygens (including phenoxy) is 1. The van der Waals surface area contributed by atoms with Crippen LogP contribution in [-0.2, 0) is 9.53 Å². The highest BCUT2D eigenvalue weighted by molar-refractivity contribution is 5.79. The smallest absolute Gasteiger partial charge is 0.407 e. The molecule has 1 aliphatic rings. The van der Waals surface area contributed by atoms with Gasteiger partial charge in [0.05, 0.1) is 11.7 Å². The van der Waals surface area contributed by atoms with Crippen LogP contribution in [-0.4, -0.2) is 51.7 Å². The van der Waals surface area contributed by atoms with Crippen LogP contribution in [0.15, 0.2) is 18.3 Å². The molecule has 2 rings (SSSR count). The molecule has 0 bridgehead atoms. The molecule has 1 aromatic rings. The lowest BCUT2D eigenvalue weighted by molar-refractivity contribution is -0.130. The minimum atomic E-state index is -0.839. The van der Waals surface area contributed by atoms with E-state index in [1.807, 2.05) is 19.1 Å². The highest BCUT2D eigenvalue weighted by atomic mass is 16.6. The predicted molar refractivity (Wildman–Crippen MR) is 92.9 cm³/mol. The summed E-state index contributed by atoms with van der Waals surface area (Å²) in [6.07, 6.45) is 1.24. The third-order valence-corrected chi connectivity index (χ3v) is 4.09. The Kier molecular flexibility index (Phi) is 6.00. The summed E-state index contributed by atoms with van der Waals surface area (Å²) in [5.74, 6) is -0.0244. The van der Waals surface area contributed by atoms with Gasteiger partial charge in [-0.2, -0.15) is 0 Å². The van der Waals surface area contributed by atoms with Crippen LogP contribution in [0.25, 0.3) is 0 Å².